The van der Waals surface area contributed by atoms with Gasteiger partial charge in [0.05, 0.1) is 0 Å². The lowest BCUT2D eigenvalue weighted by molar-refractivity contribution is -0.119. The smallest absolute Gasteiger partial charge is 0.220 e. The number of hydrogen-bond donors (Lipinski definition) is 2. The first-order chi connectivity index (χ1) is 13.1. The van der Waals surface area contributed by atoms with Crippen LogP contribution in [-0.4, -0.2) is 85.0 Å². The molecule has 4 fully saturated rings. The van der Waals surface area contributed by atoms with E-state index in [0.717, 1.165) is 45.0 Å². The van der Waals surface area contributed by atoms with Crippen LogP contribution in [0.1, 0.15) is 44.9 Å². The number of amides is 1. The third-order valence-corrected chi connectivity index (χ3v) is 8.10. The fourth-order valence-electron chi connectivity index (χ4n) is 5.68. The van der Waals surface area contributed by atoms with Crippen molar-refractivity contribution in [2.45, 2.75) is 50.5 Å². The highest BCUT2D eigenvalue weighted by atomic mass is 32.2. The largest absolute Gasteiger partial charge is 0.355 e. The van der Waals surface area contributed by atoms with Gasteiger partial charge in [0.15, 0.2) is 5.96 Å². The summed E-state index contributed by atoms with van der Waals surface area (Å²) < 4.78 is 0. The summed E-state index contributed by atoms with van der Waals surface area (Å²) >= 11 is 2.09. The van der Waals surface area contributed by atoms with Crippen LogP contribution in [0.4, 0.5) is 0 Å². The molecule has 1 atom stereocenters. The molecule has 0 radical (unpaired) electrons. The average Bonchev–Trinajstić information content (AvgIpc) is 3.31. The molecule has 4 rings (SSSR count). The molecule has 0 bridgehead atoms. The van der Waals surface area contributed by atoms with Gasteiger partial charge >= 0.3 is 0 Å². The van der Waals surface area contributed by atoms with Crippen molar-refractivity contribution in [1.29, 1.82) is 0 Å². The summed E-state index contributed by atoms with van der Waals surface area (Å²) in [5, 5.41) is 6.81. The number of piperidine rings is 1. The van der Waals surface area contributed by atoms with Gasteiger partial charge in [0.1, 0.15) is 0 Å². The van der Waals surface area contributed by atoms with Gasteiger partial charge in [0, 0.05) is 75.2 Å². The van der Waals surface area contributed by atoms with Gasteiger partial charge in [0.2, 0.25) is 5.91 Å². The predicted octanol–water partition coefficient (Wildman–Crippen LogP) is 1.53. The Morgan fingerprint density at radius 1 is 1.19 bits per heavy atom. The van der Waals surface area contributed by atoms with E-state index >= 15 is 0 Å². The van der Waals surface area contributed by atoms with Crippen molar-refractivity contribution in [3.63, 3.8) is 0 Å². The Balaban J connectivity index is 1.40. The van der Waals surface area contributed by atoms with Crippen LogP contribution in [0.15, 0.2) is 4.99 Å². The van der Waals surface area contributed by atoms with Crippen LogP contribution in [0.2, 0.25) is 0 Å². The molecule has 0 aromatic heterocycles. The summed E-state index contributed by atoms with van der Waals surface area (Å²) in [4.78, 5) is 21.6. The van der Waals surface area contributed by atoms with Crippen molar-refractivity contribution in [3.8, 4) is 0 Å². The minimum atomic E-state index is 0.113. The van der Waals surface area contributed by atoms with E-state index in [2.05, 4.69) is 37.2 Å². The number of nitrogens with zero attached hydrogens (tertiary/aromatic N) is 3. The second-order valence-corrected chi connectivity index (χ2v) is 10.1. The highest BCUT2D eigenvalue weighted by Gasteiger charge is 2.43. The molecule has 1 aliphatic carbocycles. The number of aliphatic imine (C=N–C) groups is 1. The summed E-state index contributed by atoms with van der Waals surface area (Å²) in [6.45, 7) is 6.28. The van der Waals surface area contributed by atoms with E-state index in [1.165, 1.54) is 50.3 Å². The van der Waals surface area contributed by atoms with Gasteiger partial charge in [-0.15, -0.1) is 0 Å². The van der Waals surface area contributed by atoms with E-state index in [1.54, 1.807) is 0 Å². The van der Waals surface area contributed by atoms with Crippen molar-refractivity contribution in [2.75, 3.05) is 57.8 Å². The minimum absolute atomic E-state index is 0.113. The Morgan fingerprint density at radius 2 is 1.96 bits per heavy atom. The summed E-state index contributed by atoms with van der Waals surface area (Å²) in [5.41, 5.74) is 0.428. The predicted molar refractivity (Wildman–Crippen MR) is 112 cm³/mol. The molecule has 3 aliphatic heterocycles. The fourth-order valence-corrected chi connectivity index (χ4v) is 6.58. The zero-order chi connectivity index (χ0) is 18.7. The molecule has 2 N–H and O–H groups in total. The van der Waals surface area contributed by atoms with Crippen LogP contribution >= 0.6 is 11.8 Å². The minimum Gasteiger partial charge on any atom is -0.355 e. The van der Waals surface area contributed by atoms with Crippen LogP contribution < -0.4 is 10.6 Å². The monoisotopic (exact) mass is 393 g/mol. The van der Waals surface area contributed by atoms with Gasteiger partial charge in [0.25, 0.3) is 0 Å². The Hall–Kier alpha value is -0.950. The molecule has 0 aromatic rings. The van der Waals surface area contributed by atoms with Gasteiger partial charge in [-0.05, 0) is 25.7 Å². The normalized spacial score (nSPS) is 32.1. The molecule has 1 unspecified atom stereocenters. The average molecular weight is 394 g/mol. The first-order valence-corrected chi connectivity index (χ1v) is 11.9. The molecule has 27 heavy (non-hydrogen) atoms. The van der Waals surface area contributed by atoms with Gasteiger partial charge in [-0.3, -0.25) is 14.7 Å². The summed E-state index contributed by atoms with van der Waals surface area (Å²) in [6, 6.07) is 0. The van der Waals surface area contributed by atoms with Crippen molar-refractivity contribution in [3.05, 3.63) is 0 Å². The maximum Gasteiger partial charge on any atom is 0.220 e. The third kappa shape index (κ3) is 4.09. The maximum absolute atomic E-state index is 11.8. The highest BCUT2D eigenvalue weighted by Crippen LogP contribution is 2.37. The SMILES string of the molecule is CN=C(NCC1(N2CCSCC2)CCCC1)N1CCCC2(CNC(=O)C2)C1. The van der Waals surface area contributed by atoms with Crippen molar-refractivity contribution in [1.82, 2.24) is 20.4 Å². The van der Waals surface area contributed by atoms with Gasteiger partial charge < -0.3 is 15.5 Å². The number of rotatable bonds is 3. The molecule has 1 amide bonds. The topological polar surface area (TPSA) is 60.0 Å². The maximum atomic E-state index is 11.8. The second kappa shape index (κ2) is 8.19. The van der Waals surface area contributed by atoms with E-state index in [9.17, 15) is 4.79 Å². The first-order valence-electron chi connectivity index (χ1n) is 10.7. The van der Waals surface area contributed by atoms with Crippen LogP contribution in [0.3, 0.4) is 0 Å². The van der Waals surface area contributed by atoms with Crippen LogP contribution in [0.25, 0.3) is 0 Å². The van der Waals surface area contributed by atoms with E-state index < -0.39 is 0 Å². The molecule has 152 valence electrons. The van der Waals surface area contributed by atoms with E-state index in [4.69, 9.17) is 0 Å². The highest BCUT2D eigenvalue weighted by molar-refractivity contribution is 7.99. The first kappa shape index (κ1) is 19.4. The Morgan fingerprint density at radius 3 is 2.63 bits per heavy atom. The van der Waals surface area contributed by atoms with E-state index in [0.29, 0.717) is 12.0 Å². The molecule has 0 aromatic carbocycles. The Kier molecular flexibility index (Phi) is 5.88. The zero-order valence-corrected chi connectivity index (χ0v) is 17.6. The number of carbonyl (C=O) groups excluding carboxylic acids is 1. The standard InChI is InChI=1S/C20H35N5OS/c1-21-18(24-8-4-5-19(16-24)13-17(26)22-14-19)23-15-20(6-2-3-7-20)25-9-11-27-12-10-25/h2-16H2,1H3,(H,21,23)(H,22,26). The quantitative estimate of drug-likeness (QED) is 0.562. The lowest BCUT2D eigenvalue weighted by Crippen LogP contribution is -2.59. The Labute approximate surface area is 167 Å². The van der Waals surface area contributed by atoms with Gasteiger partial charge in [-0.25, -0.2) is 0 Å². The molecule has 4 aliphatic rings. The van der Waals surface area contributed by atoms with Crippen LogP contribution in [-0.2, 0) is 4.79 Å². The fraction of sp³-hybridized carbons (Fsp3) is 0.900. The number of likely N-dealkylation sites (tertiary alicyclic amines) is 1. The van der Waals surface area contributed by atoms with E-state index in [1.807, 2.05) is 7.05 Å². The molecular weight excluding hydrogens is 358 g/mol. The zero-order valence-electron chi connectivity index (χ0n) is 16.8. The number of guanidine groups is 1. The van der Waals surface area contributed by atoms with Gasteiger partial charge in [-0.2, -0.15) is 11.8 Å². The Bertz CT molecular complexity index is 571. The number of carbonyl (C=O) groups is 1. The lowest BCUT2D eigenvalue weighted by atomic mass is 9.79. The third-order valence-electron chi connectivity index (χ3n) is 7.16. The molecule has 1 saturated carbocycles. The summed E-state index contributed by atoms with van der Waals surface area (Å²) in [6.07, 6.45) is 8.29. The lowest BCUT2D eigenvalue weighted by Gasteiger charge is -2.45. The van der Waals surface area contributed by atoms with Crippen LogP contribution in [0.5, 0.6) is 0 Å². The van der Waals surface area contributed by atoms with Gasteiger partial charge in [-0.1, -0.05) is 12.8 Å². The molecule has 7 heteroatoms. The summed E-state index contributed by atoms with van der Waals surface area (Å²) in [5.74, 6) is 3.79. The number of hydrogen-bond acceptors (Lipinski definition) is 4. The second-order valence-electron chi connectivity index (χ2n) is 8.91. The number of thioether (sulfide) groups is 1. The molecule has 1 spiro atoms. The van der Waals surface area contributed by atoms with Crippen LogP contribution in [0, 0.1) is 5.41 Å². The molecule has 3 saturated heterocycles. The molecule has 3 heterocycles. The van der Waals surface area contributed by atoms with Crippen molar-refractivity contribution < 1.29 is 4.79 Å². The summed E-state index contributed by atoms with van der Waals surface area (Å²) in [7, 11) is 1.90. The van der Waals surface area contributed by atoms with Crippen molar-refractivity contribution >= 4 is 23.6 Å². The van der Waals surface area contributed by atoms with Crippen molar-refractivity contribution in [2.24, 2.45) is 10.4 Å². The molecular formula is C20H35N5OS. The molecule has 6 nitrogen and oxygen atoms in total. The number of nitrogens with one attached hydrogen (secondary N) is 2. The van der Waals surface area contributed by atoms with E-state index in [-0.39, 0.29) is 11.3 Å².